The van der Waals surface area contributed by atoms with Crippen LogP contribution in [0.1, 0.15) is 194 Å². The van der Waals surface area contributed by atoms with Crippen molar-refractivity contribution >= 4 is 16.3 Å². The van der Waals surface area contributed by atoms with Crippen LogP contribution in [0.5, 0.6) is 0 Å². The van der Waals surface area contributed by atoms with Crippen molar-refractivity contribution in [2.24, 2.45) is 0 Å². The predicted molar refractivity (Wildman–Crippen MR) is 216 cm³/mol. The minimum atomic E-state index is -5.33. The fourth-order valence-corrected chi connectivity index (χ4v) is 7.60. The van der Waals surface area contributed by atoms with Gasteiger partial charge in [-0.15, -0.1) is 0 Å². The van der Waals surface area contributed by atoms with Gasteiger partial charge in [0.05, 0.1) is 25.4 Å². The van der Waals surface area contributed by atoms with Gasteiger partial charge in [-0.1, -0.05) is 180 Å². The maximum Gasteiger partial charge on any atom is 1.00 e. The molecule has 0 saturated carbocycles. The first-order valence-corrected chi connectivity index (χ1v) is 23.4. The van der Waals surface area contributed by atoms with Gasteiger partial charge in [0.2, 0.25) is 16.3 Å². The minimum absolute atomic E-state index is 0. The van der Waals surface area contributed by atoms with E-state index >= 15 is 0 Å². The third kappa shape index (κ3) is 29.1. The van der Waals surface area contributed by atoms with Crippen LogP contribution in [-0.2, 0) is 28.9 Å². The third-order valence-electron chi connectivity index (χ3n) is 10.6. The number of carbonyl (C=O) groups excluding carboxylic acids is 1. The molecule has 1 heterocycles. The van der Waals surface area contributed by atoms with Gasteiger partial charge in [0.1, 0.15) is 24.4 Å². The average molecular weight is 830 g/mol. The maximum atomic E-state index is 13.0. The number of amides is 1. The van der Waals surface area contributed by atoms with Crippen LogP contribution in [0, 0.1) is 0 Å². The summed E-state index contributed by atoms with van der Waals surface area (Å²) in [5.74, 6) is -0.270. The van der Waals surface area contributed by atoms with E-state index in [0.717, 1.165) is 38.5 Å². The van der Waals surface area contributed by atoms with E-state index in [4.69, 9.17) is 9.47 Å². The quantitative estimate of drug-likeness (QED) is 0.0192. The van der Waals surface area contributed by atoms with Gasteiger partial charge in [-0.3, -0.25) is 8.98 Å². The van der Waals surface area contributed by atoms with Gasteiger partial charge in [-0.2, -0.15) is 0 Å². The SMILES string of the molecule is CCCCCCCCCCCCC/C=C/[C@@H](O)[C@H](CO[C@@H]1O[C@H](CO)[C@H](O)[C@H](OS(=O)(=O)[O-])[C@H]1O)NC(=O)CCCCCCCCCCCCCCCCC.[Na+]. The number of ether oxygens (including phenoxy) is 2. The summed E-state index contributed by atoms with van der Waals surface area (Å²) >= 11 is 0. The van der Waals surface area contributed by atoms with Crippen molar-refractivity contribution in [3.63, 3.8) is 0 Å². The molecular formula is C42H80NNaO11S. The average Bonchev–Trinajstić information content (AvgIpc) is 3.15. The van der Waals surface area contributed by atoms with E-state index in [0.29, 0.717) is 6.42 Å². The first kappa shape index (κ1) is 55.8. The van der Waals surface area contributed by atoms with E-state index in [1.807, 2.05) is 6.08 Å². The molecule has 0 unspecified atom stereocenters. The molecule has 12 nitrogen and oxygen atoms in total. The first-order chi connectivity index (χ1) is 26.5. The fourth-order valence-electron chi connectivity index (χ4n) is 7.10. The van der Waals surface area contributed by atoms with Crippen molar-refractivity contribution in [2.75, 3.05) is 13.2 Å². The molecule has 7 atom stereocenters. The van der Waals surface area contributed by atoms with Crippen LogP contribution in [0.15, 0.2) is 12.2 Å². The number of aliphatic hydroxyl groups is 4. The predicted octanol–water partition coefficient (Wildman–Crippen LogP) is 4.66. The summed E-state index contributed by atoms with van der Waals surface area (Å²) in [6.07, 6.45) is 26.5. The summed E-state index contributed by atoms with van der Waals surface area (Å²) < 4.78 is 49.2. The molecule has 0 spiro atoms. The van der Waals surface area contributed by atoms with Crippen LogP contribution in [0.25, 0.3) is 0 Å². The number of rotatable bonds is 37. The number of hydrogen-bond acceptors (Lipinski definition) is 11. The standard InChI is InChI=1S/C42H81NO11S.Na/c1-3-5-7-9-11-13-15-17-18-20-22-24-26-28-30-32-38(46)43-35(36(45)31-29-27-25-23-21-19-16-14-12-10-8-6-4-2)34-52-42-40(48)41(54-55(49,50)51)39(47)37(33-44)53-42;/h29,31,35-37,39-42,44-45,47-48H,3-28,30,32-34H2,1-2H3,(H,43,46)(H,49,50,51);/q;+1/p-1/b31-29+;/t35-,36+,37+,39-,40+,41-,42+;/m0./s1. The molecule has 1 rings (SSSR count). The van der Waals surface area contributed by atoms with Crippen LogP contribution in [0.2, 0.25) is 0 Å². The maximum absolute atomic E-state index is 13.0. The Hall–Kier alpha value is -0.160. The minimum Gasteiger partial charge on any atom is -0.726 e. The summed E-state index contributed by atoms with van der Waals surface area (Å²) in [5.41, 5.74) is 0. The van der Waals surface area contributed by atoms with Gasteiger partial charge < -0.3 is 39.8 Å². The van der Waals surface area contributed by atoms with Gasteiger partial charge in [0.15, 0.2) is 6.29 Å². The van der Waals surface area contributed by atoms with Gasteiger partial charge in [-0.25, -0.2) is 8.42 Å². The Balaban J connectivity index is 0.0000302. The molecule has 326 valence electrons. The Bertz CT molecular complexity index is 1050. The molecule has 1 aliphatic heterocycles. The first-order valence-electron chi connectivity index (χ1n) is 22.1. The van der Waals surface area contributed by atoms with Crippen molar-refractivity contribution in [1.82, 2.24) is 5.32 Å². The van der Waals surface area contributed by atoms with Crippen LogP contribution in [0.3, 0.4) is 0 Å². The summed E-state index contributed by atoms with van der Waals surface area (Å²) in [6.45, 7) is 3.34. The Morgan fingerprint density at radius 3 is 1.59 bits per heavy atom. The van der Waals surface area contributed by atoms with E-state index in [2.05, 4.69) is 23.3 Å². The third-order valence-corrected chi connectivity index (χ3v) is 11.0. The molecule has 0 aromatic rings. The summed E-state index contributed by atoms with van der Waals surface area (Å²) in [7, 11) is -5.33. The van der Waals surface area contributed by atoms with Crippen molar-refractivity contribution in [2.45, 2.75) is 236 Å². The van der Waals surface area contributed by atoms with Crippen LogP contribution in [0.4, 0.5) is 0 Å². The molecule has 1 aliphatic rings. The van der Waals surface area contributed by atoms with Gasteiger partial charge >= 0.3 is 29.6 Å². The van der Waals surface area contributed by atoms with E-state index in [1.54, 1.807) is 6.08 Å². The van der Waals surface area contributed by atoms with Crippen molar-refractivity contribution < 1.29 is 81.4 Å². The van der Waals surface area contributed by atoms with Crippen LogP contribution >= 0.6 is 0 Å². The molecule has 1 fully saturated rings. The number of nitrogens with one attached hydrogen (secondary N) is 1. The number of allylic oxidation sites excluding steroid dienone is 1. The van der Waals surface area contributed by atoms with Crippen molar-refractivity contribution in [1.29, 1.82) is 0 Å². The molecular weight excluding hydrogens is 750 g/mol. The monoisotopic (exact) mass is 830 g/mol. The number of aliphatic hydroxyl groups excluding tert-OH is 4. The smallest absolute Gasteiger partial charge is 0.726 e. The largest absolute Gasteiger partial charge is 1.00 e. The molecule has 0 radical (unpaired) electrons. The number of carbonyl (C=O) groups is 1. The molecule has 14 heteroatoms. The van der Waals surface area contributed by atoms with E-state index in [-0.39, 0.29) is 48.5 Å². The van der Waals surface area contributed by atoms with Crippen LogP contribution in [-0.4, -0.2) is 95.4 Å². The number of unbranched alkanes of at least 4 members (excludes halogenated alkanes) is 25. The summed E-state index contributed by atoms with van der Waals surface area (Å²) in [4.78, 5) is 13.0. The van der Waals surface area contributed by atoms with Gasteiger partial charge in [0, 0.05) is 6.42 Å². The second kappa shape index (κ2) is 36.7. The van der Waals surface area contributed by atoms with Gasteiger partial charge in [0.25, 0.3) is 0 Å². The van der Waals surface area contributed by atoms with Crippen LogP contribution < -0.4 is 34.9 Å². The zero-order valence-corrected chi connectivity index (χ0v) is 38.3. The normalized spacial score (nSPS) is 21.2. The molecule has 5 N–H and O–H groups in total. The van der Waals surface area contributed by atoms with Crippen molar-refractivity contribution in [3.8, 4) is 0 Å². The summed E-state index contributed by atoms with van der Waals surface area (Å²) in [5, 5.41) is 44.5. The molecule has 0 aliphatic carbocycles. The topological polar surface area (TPSA) is 195 Å². The molecule has 1 amide bonds. The Labute approximate surface area is 362 Å². The zero-order valence-electron chi connectivity index (χ0n) is 35.5. The fraction of sp³-hybridized carbons (Fsp3) is 0.929. The molecule has 56 heavy (non-hydrogen) atoms. The Morgan fingerprint density at radius 2 is 1.16 bits per heavy atom. The van der Waals surface area contributed by atoms with E-state index in [9.17, 15) is 38.2 Å². The molecule has 0 aromatic heterocycles. The number of hydrogen-bond donors (Lipinski definition) is 5. The summed E-state index contributed by atoms with van der Waals surface area (Å²) in [6, 6.07) is -0.949. The molecule has 1 saturated heterocycles. The van der Waals surface area contributed by atoms with Gasteiger partial charge in [-0.05, 0) is 19.3 Å². The van der Waals surface area contributed by atoms with E-state index in [1.165, 1.54) is 128 Å². The van der Waals surface area contributed by atoms with Crippen molar-refractivity contribution in [3.05, 3.63) is 12.2 Å². The molecule has 0 bridgehead atoms. The Morgan fingerprint density at radius 1 is 0.732 bits per heavy atom. The second-order valence-electron chi connectivity index (χ2n) is 15.6. The van der Waals surface area contributed by atoms with E-state index < -0.39 is 59.9 Å². The Kier molecular flexibility index (Phi) is 36.6. The molecule has 0 aromatic carbocycles. The second-order valence-corrected chi connectivity index (χ2v) is 16.6. The zero-order chi connectivity index (χ0) is 40.6.